The third-order valence-electron chi connectivity index (χ3n) is 5.52. The van der Waals surface area contributed by atoms with Gasteiger partial charge < -0.3 is 9.72 Å². The predicted molar refractivity (Wildman–Crippen MR) is 117 cm³/mol. The van der Waals surface area contributed by atoms with Gasteiger partial charge in [-0.2, -0.15) is 0 Å². The molecule has 142 valence electrons. The number of benzene rings is 3. The first-order valence-electron chi connectivity index (χ1n) is 9.74. The van der Waals surface area contributed by atoms with Crippen LogP contribution in [-0.2, 0) is 19.6 Å². The van der Waals surface area contributed by atoms with Gasteiger partial charge in [0.25, 0.3) is 5.19 Å². The fraction of sp³-hybridized carbons (Fsp3) is 0.125. The van der Waals surface area contributed by atoms with Crippen LogP contribution in [0.3, 0.4) is 0 Å². The molecule has 0 saturated carbocycles. The van der Waals surface area contributed by atoms with Crippen molar-refractivity contribution in [2.24, 2.45) is 0 Å². The zero-order valence-corrected chi connectivity index (χ0v) is 16.6. The first kappa shape index (κ1) is 16.8. The van der Waals surface area contributed by atoms with Crippen molar-refractivity contribution in [3.63, 3.8) is 0 Å². The van der Waals surface area contributed by atoms with Gasteiger partial charge in [-0.1, -0.05) is 47.7 Å². The Kier molecular flexibility index (Phi) is 3.89. The number of hydrogen-bond acceptors (Lipinski definition) is 4. The summed E-state index contributed by atoms with van der Waals surface area (Å²) in [5.41, 5.74) is 6.27. The summed E-state index contributed by atoms with van der Waals surface area (Å²) in [4.78, 5) is 10.5. The van der Waals surface area contributed by atoms with Gasteiger partial charge in [0.2, 0.25) is 0 Å². The number of rotatable bonds is 4. The Labute approximate surface area is 172 Å². The topological polar surface area (TPSA) is 41.2 Å². The highest BCUT2D eigenvalue weighted by Gasteiger charge is 2.19. The molecule has 1 aliphatic heterocycles. The molecule has 29 heavy (non-hydrogen) atoms. The average Bonchev–Trinajstić information content (AvgIpc) is 3.44. The van der Waals surface area contributed by atoms with Crippen LogP contribution < -0.4 is 4.74 Å². The van der Waals surface area contributed by atoms with Crippen LogP contribution in [0, 0.1) is 0 Å². The number of H-pyrrole nitrogens is 1. The molecule has 6 rings (SSSR count). The van der Waals surface area contributed by atoms with Crippen LogP contribution in [0.1, 0.15) is 16.7 Å². The monoisotopic (exact) mass is 397 g/mol. The van der Waals surface area contributed by atoms with Gasteiger partial charge in [-0.15, -0.1) is 0 Å². The maximum atomic E-state index is 6.03. The highest BCUT2D eigenvalue weighted by Crippen LogP contribution is 2.33. The number of ether oxygens (including phenoxy) is 1. The van der Waals surface area contributed by atoms with Crippen LogP contribution >= 0.6 is 11.3 Å². The average molecular weight is 398 g/mol. The Bertz CT molecular complexity index is 1280. The number of fused-ring (bicyclic) bond motifs is 3. The van der Waals surface area contributed by atoms with Crippen molar-refractivity contribution >= 4 is 32.5 Å². The Balaban J connectivity index is 1.23. The summed E-state index contributed by atoms with van der Waals surface area (Å²) >= 11 is 1.57. The lowest BCUT2D eigenvalue weighted by molar-refractivity contribution is 0.276. The quantitative estimate of drug-likeness (QED) is 0.399. The lowest BCUT2D eigenvalue weighted by Crippen LogP contribution is -2.15. The minimum atomic E-state index is 0.673. The van der Waals surface area contributed by atoms with E-state index in [0.717, 1.165) is 41.1 Å². The van der Waals surface area contributed by atoms with E-state index >= 15 is 0 Å². The highest BCUT2D eigenvalue weighted by molar-refractivity contribution is 7.20. The summed E-state index contributed by atoms with van der Waals surface area (Å²) in [7, 11) is 0. The van der Waals surface area contributed by atoms with E-state index in [4.69, 9.17) is 4.74 Å². The first-order chi connectivity index (χ1) is 14.3. The largest absolute Gasteiger partial charge is 0.431 e. The number of aromatic nitrogens is 2. The van der Waals surface area contributed by atoms with Gasteiger partial charge >= 0.3 is 0 Å². The van der Waals surface area contributed by atoms with Crippen molar-refractivity contribution in [3.8, 4) is 10.9 Å². The molecule has 0 bridgehead atoms. The fourth-order valence-corrected chi connectivity index (χ4v) is 4.95. The number of nitrogens with one attached hydrogen (secondary N) is 1. The molecule has 0 unspecified atom stereocenters. The van der Waals surface area contributed by atoms with E-state index in [2.05, 4.69) is 63.5 Å². The van der Waals surface area contributed by atoms with Gasteiger partial charge in [0.05, 0.1) is 10.2 Å². The van der Waals surface area contributed by atoms with Crippen LogP contribution in [-0.4, -0.2) is 14.9 Å². The molecule has 1 aliphatic rings. The lowest BCUT2D eigenvalue weighted by atomic mass is 10.1. The summed E-state index contributed by atoms with van der Waals surface area (Å²) in [5, 5.41) is 1.92. The molecule has 2 aromatic heterocycles. The molecule has 3 aromatic carbocycles. The van der Waals surface area contributed by atoms with E-state index in [1.807, 2.05) is 24.3 Å². The zero-order valence-electron chi connectivity index (χ0n) is 15.8. The highest BCUT2D eigenvalue weighted by atomic mass is 32.1. The van der Waals surface area contributed by atoms with Crippen LogP contribution in [0.25, 0.3) is 21.1 Å². The second kappa shape index (κ2) is 6.72. The van der Waals surface area contributed by atoms with Crippen molar-refractivity contribution in [1.29, 1.82) is 0 Å². The van der Waals surface area contributed by atoms with Crippen LogP contribution in [0.5, 0.6) is 10.9 Å². The molecule has 0 spiro atoms. The van der Waals surface area contributed by atoms with Crippen molar-refractivity contribution in [2.75, 3.05) is 0 Å². The van der Waals surface area contributed by atoms with Crippen molar-refractivity contribution in [3.05, 3.63) is 89.6 Å². The minimum Gasteiger partial charge on any atom is -0.431 e. The van der Waals surface area contributed by atoms with Gasteiger partial charge in [0, 0.05) is 42.8 Å². The normalized spacial score (nSPS) is 13.9. The fourth-order valence-electron chi connectivity index (χ4n) is 4.11. The SMILES string of the molecule is c1ccc2c(c1)CN(Cc1c[nH]c3cc(Oc4nc5ccccc5s4)ccc13)C2. The van der Waals surface area contributed by atoms with E-state index < -0.39 is 0 Å². The van der Waals surface area contributed by atoms with E-state index in [0.29, 0.717) is 5.19 Å². The van der Waals surface area contributed by atoms with E-state index in [1.165, 1.54) is 22.1 Å². The molecule has 0 saturated heterocycles. The van der Waals surface area contributed by atoms with E-state index in [9.17, 15) is 0 Å². The Morgan fingerprint density at radius 2 is 1.76 bits per heavy atom. The number of hydrogen-bond donors (Lipinski definition) is 1. The van der Waals surface area contributed by atoms with Gasteiger partial charge in [-0.05, 0) is 41.0 Å². The molecule has 0 aliphatic carbocycles. The van der Waals surface area contributed by atoms with Crippen LogP contribution in [0.2, 0.25) is 0 Å². The number of thiazole rings is 1. The summed E-state index contributed by atoms with van der Waals surface area (Å²) in [6, 6.07) is 23.1. The second-order valence-corrected chi connectivity index (χ2v) is 8.48. The Morgan fingerprint density at radius 3 is 2.59 bits per heavy atom. The van der Waals surface area contributed by atoms with E-state index in [-0.39, 0.29) is 0 Å². The maximum absolute atomic E-state index is 6.03. The van der Waals surface area contributed by atoms with Crippen molar-refractivity contribution < 1.29 is 4.74 Å². The number of aromatic amines is 1. The zero-order chi connectivity index (χ0) is 19.2. The summed E-state index contributed by atoms with van der Waals surface area (Å²) in [6.45, 7) is 2.97. The van der Waals surface area contributed by atoms with Gasteiger partial charge in [0.15, 0.2) is 0 Å². The smallest absolute Gasteiger partial charge is 0.279 e. The number of para-hydroxylation sites is 1. The summed E-state index contributed by atoms with van der Waals surface area (Å²) in [6.07, 6.45) is 2.12. The molecule has 0 fully saturated rings. The molecule has 0 radical (unpaired) electrons. The van der Waals surface area contributed by atoms with Crippen LogP contribution in [0.15, 0.2) is 72.9 Å². The third kappa shape index (κ3) is 3.09. The Hall–Kier alpha value is -3.15. The van der Waals surface area contributed by atoms with E-state index in [1.54, 1.807) is 11.3 Å². The lowest BCUT2D eigenvalue weighted by Gasteiger charge is -2.14. The molecule has 4 nitrogen and oxygen atoms in total. The molecule has 5 aromatic rings. The van der Waals surface area contributed by atoms with Gasteiger partial charge in [-0.3, -0.25) is 4.90 Å². The molecule has 1 N–H and O–H groups in total. The molecule has 0 atom stereocenters. The number of nitrogens with zero attached hydrogens (tertiary/aromatic N) is 2. The summed E-state index contributed by atoms with van der Waals surface area (Å²) < 4.78 is 7.17. The molecular weight excluding hydrogens is 378 g/mol. The van der Waals surface area contributed by atoms with Crippen molar-refractivity contribution in [2.45, 2.75) is 19.6 Å². The minimum absolute atomic E-state index is 0.673. The van der Waals surface area contributed by atoms with Crippen molar-refractivity contribution in [1.82, 2.24) is 14.9 Å². The van der Waals surface area contributed by atoms with Gasteiger partial charge in [0.1, 0.15) is 5.75 Å². The van der Waals surface area contributed by atoms with Crippen LogP contribution in [0.4, 0.5) is 0 Å². The summed E-state index contributed by atoms with van der Waals surface area (Å²) in [5.74, 6) is 0.804. The predicted octanol–water partition coefficient (Wildman–Crippen LogP) is 6.09. The molecule has 5 heteroatoms. The third-order valence-corrected chi connectivity index (χ3v) is 6.43. The Morgan fingerprint density at radius 1 is 0.966 bits per heavy atom. The molecular formula is C24H19N3OS. The standard InChI is InChI=1S/C24H19N3OS/c1-2-6-17-14-27(13-16(17)5-1)15-18-12-25-22-11-19(9-10-20(18)22)28-24-26-21-7-3-4-8-23(21)29-24/h1-12,25H,13-15H2. The molecule has 0 amide bonds. The second-order valence-electron chi connectivity index (χ2n) is 7.48. The molecule has 3 heterocycles. The first-order valence-corrected chi connectivity index (χ1v) is 10.6. The maximum Gasteiger partial charge on any atom is 0.279 e. The van der Waals surface area contributed by atoms with Gasteiger partial charge in [-0.25, -0.2) is 4.98 Å².